The Morgan fingerprint density at radius 1 is 1.19 bits per heavy atom. The summed E-state index contributed by atoms with van der Waals surface area (Å²) in [5.74, 6) is 0.530. The quantitative estimate of drug-likeness (QED) is 0.467. The number of anilines is 1. The number of nitrogens with one attached hydrogen (secondary N) is 1. The van der Waals surface area contributed by atoms with Crippen LogP contribution in [0.5, 0.6) is 0 Å². The van der Waals surface area contributed by atoms with E-state index in [2.05, 4.69) is 17.3 Å². The van der Waals surface area contributed by atoms with E-state index in [1.807, 2.05) is 55.5 Å². The van der Waals surface area contributed by atoms with Crippen molar-refractivity contribution < 1.29 is 4.79 Å². The van der Waals surface area contributed by atoms with Gasteiger partial charge in [0.25, 0.3) is 5.56 Å². The molecule has 8 heteroatoms. The van der Waals surface area contributed by atoms with Crippen molar-refractivity contribution >= 4 is 34.4 Å². The van der Waals surface area contributed by atoms with E-state index in [1.165, 1.54) is 11.8 Å². The van der Waals surface area contributed by atoms with Crippen molar-refractivity contribution in [2.45, 2.75) is 37.9 Å². The van der Waals surface area contributed by atoms with Gasteiger partial charge in [-0.1, -0.05) is 54.6 Å². The lowest BCUT2D eigenvalue weighted by atomic mass is 10.1. The number of rotatable bonds is 5. The molecule has 7 nitrogen and oxygen atoms in total. The number of aryl methyl sites for hydroxylation is 2. The maximum atomic E-state index is 13.3. The number of carbonyl (C=O) groups is 1. The molecule has 1 aliphatic heterocycles. The molecule has 1 amide bonds. The molecule has 0 saturated heterocycles. The molecular weight excluding hydrogens is 422 g/mol. The molecule has 1 N–H and O–H groups in total. The SMILES string of the molecule is CCc1ccccc1NC(=O)CC1CSc2nc3c(cnn3-c3ccc(C)cc3)c(=O)n21. The number of thioether (sulfide) groups is 1. The number of fused-ring (bicyclic) bond motifs is 2. The molecule has 1 atom stereocenters. The smallest absolute Gasteiger partial charge is 0.265 e. The third kappa shape index (κ3) is 3.60. The van der Waals surface area contributed by atoms with Crippen molar-refractivity contribution in [1.29, 1.82) is 0 Å². The Labute approximate surface area is 189 Å². The second kappa shape index (κ2) is 8.27. The van der Waals surface area contributed by atoms with Crippen LogP contribution in [0.2, 0.25) is 0 Å². The number of para-hydroxylation sites is 1. The van der Waals surface area contributed by atoms with Gasteiger partial charge in [0.2, 0.25) is 5.91 Å². The van der Waals surface area contributed by atoms with E-state index in [4.69, 9.17) is 4.98 Å². The molecule has 4 aromatic rings. The summed E-state index contributed by atoms with van der Waals surface area (Å²) in [7, 11) is 0. The highest BCUT2D eigenvalue weighted by atomic mass is 32.2. The van der Waals surface area contributed by atoms with Crippen LogP contribution in [0.25, 0.3) is 16.7 Å². The Bertz CT molecular complexity index is 1370. The molecular formula is C24H23N5O2S. The lowest BCUT2D eigenvalue weighted by Gasteiger charge is -2.15. The van der Waals surface area contributed by atoms with Crippen molar-refractivity contribution in [2.75, 3.05) is 11.1 Å². The van der Waals surface area contributed by atoms with Crippen LogP contribution >= 0.6 is 11.8 Å². The van der Waals surface area contributed by atoms with Crippen LogP contribution in [0.4, 0.5) is 5.69 Å². The summed E-state index contributed by atoms with van der Waals surface area (Å²) in [6, 6.07) is 15.5. The highest BCUT2D eigenvalue weighted by Gasteiger charge is 2.29. The predicted molar refractivity (Wildman–Crippen MR) is 127 cm³/mol. The van der Waals surface area contributed by atoms with Gasteiger partial charge >= 0.3 is 0 Å². The molecule has 162 valence electrons. The Kier molecular flexibility index (Phi) is 5.30. The van der Waals surface area contributed by atoms with Gasteiger partial charge in [0.15, 0.2) is 10.8 Å². The zero-order valence-corrected chi connectivity index (χ0v) is 18.7. The van der Waals surface area contributed by atoms with Crippen molar-refractivity contribution in [3.63, 3.8) is 0 Å². The van der Waals surface area contributed by atoms with Gasteiger partial charge in [-0.05, 0) is 37.1 Å². The normalized spacial score (nSPS) is 15.1. The standard InChI is InChI=1S/C24H23N5O2S/c1-3-16-6-4-5-7-20(16)26-21(30)12-18-14-32-24-27-22-19(23(31)28(18)24)13-25-29(22)17-10-8-15(2)9-11-17/h4-11,13,18H,3,12,14H2,1-2H3,(H,26,30). The van der Waals surface area contributed by atoms with E-state index in [0.717, 1.165) is 28.9 Å². The summed E-state index contributed by atoms with van der Waals surface area (Å²) >= 11 is 1.50. The number of amides is 1. The summed E-state index contributed by atoms with van der Waals surface area (Å²) in [6.07, 6.45) is 2.62. The molecule has 0 radical (unpaired) electrons. The molecule has 0 fully saturated rings. The van der Waals surface area contributed by atoms with Gasteiger partial charge < -0.3 is 5.32 Å². The number of hydrogen-bond donors (Lipinski definition) is 1. The van der Waals surface area contributed by atoms with Crippen LogP contribution in [0.3, 0.4) is 0 Å². The highest BCUT2D eigenvalue weighted by molar-refractivity contribution is 7.99. The number of benzene rings is 2. The molecule has 1 aliphatic rings. The van der Waals surface area contributed by atoms with Crippen LogP contribution < -0.4 is 10.9 Å². The van der Waals surface area contributed by atoms with Crippen molar-refractivity contribution in [2.24, 2.45) is 0 Å². The highest BCUT2D eigenvalue weighted by Crippen LogP contribution is 2.33. The first-order chi connectivity index (χ1) is 15.5. The van der Waals surface area contributed by atoms with Crippen molar-refractivity contribution in [3.05, 3.63) is 76.2 Å². The van der Waals surface area contributed by atoms with E-state index < -0.39 is 0 Å². The third-order valence-corrected chi connectivity index (χ3v) is 6.84. The lowest BCUT2D eigenvalue weighted by molar-refractivity contribution is -0.116. The first-order valence-electron chi connectivity index (χ1n) is 10.6. The summed E-state index contributed by atoms with van der Waals surface area (Å²) in [5.41, 5.74) is 4.31. The predicted octanol–water partition coefficient (Wildman–Crippen LogP) is 4.13. The number of carbonyl (C=O) groups excluding carboxylic acids is 1. The van der Waals surface area contributed by atoms with Gasteiger partial charge in [-0.25, -0.2) is 9.67 Å². The molecule has 0 aliphatic carbocycles. The number of hydrogen-bond acceptors (Lipinski definition) is 5. The Balaban J connectivity index is 1.44. The molecule has 32 heavy (non-hydrogen) atoms. The van der Waals surface area contributed by atoms with E-state index in [-0.39, 0.29) is 23.9 Å². The van der Waals surface area contributed by atoms with E-state index >= 15 is 0 Å². The second-order valence-electron chi connectivity index (χ2n) is 7.93. The Morgan fingerprint density at radius 2 is 1.97 bits per heavy atom. The van der Waals surface area contributed by atoms with Gasteiger partial charge in [0.05, 0.1) is 17.9 Å². The van der Waals surface area contributed by atoms with Gasteiger partial charge in [0, 0.05) is 17.9 Å². The van der Waals surface area contributed by atoms with Crippen LogP contribution in [0.1, 0.15) is 30.5 Å². The molecule has 2 aromatic heterocycles. The minimum atomic E-state index is -0.240. The van der Waals surface area contributed by atoms with Crippen LogP contribution in [-0.2, 0) is 11.2 Å². The van der Waals surface area contributed by atoms with Gasteiger partial charge in [-0.15, -0.1) is 0 Å². The fraction of sp³-hybridized carbons (Fsp3) is 0.250. The van der Waals surface area contributed by atoms with Gasteiger partial charge in [-0.3, -0.25) is 14.2 Å². The monoisotopic (exact) mass is 445 g/mol. The fourth-order valence-electron chi connectivity index (χ4n) is 4.02. The average molecular weight is 446 g/mol. The third-order valence-electron chi connectivity index (χ3n) is 5.74. The second-order valence-corrected chi connectivity index (χ2v) is 8.91. The van der Waals surface area contributed by atoms with E-state index in [0.29, 0.717) is 21.9 Å². The van der Waals surface area contributed by atoms with Crippen LogP contribution in [0, 0.1) is 6.92 Å². The van der Waals surface area contributed by atoms with Crippen molar-refractivity contribution in [3.8, 4) is 5.69 Å². The van der Waals surface area contributed by atoms with Crippen LogP contribution in [0.15, 0.2) is 64.7 Å². The summed E-state index contributed by atoms with van der Waals surface area (Å²) in [6.45, 7) is 4.08. The van der Waals surface area contributed by atoms with E-state index in [1.54, 1.807) is 15.4 Å². The number of aromatic nitrogens is 4. The molecule has 0 saturated carbocycles. The summed E-state index contributed by atoms with van der Waals surface area (Å²) < 4.78 is 3.35. The molecule has 0 spiro atoms. The Morgan fingerprint density at radius 3 is 2.75 bits per heavy atom. The minimum absolute atomic E-state index is 0.105. The average Bonchev–Trinajstić information content (AvgIpc) is 3.40. The summed E-state index contributed by atoms with van der Waals surface area (Å²) in [5, 5.41) is 8.50. The minimum Gasteiger partial charge on any atom is -0.326 e. The maximum Gasteiger partial charge on any atom is 0.265 e. The Hall–Kier alpha value is -3.39. The zero-order chi connectivity index (χ0) is 22.2. The largest absolute Gasteiger partial charge is 0.326 e. The molecule has 2 aromatic carbocycles. The molecule has 3 heterocycles. The number of nitrogens with zero attached hydrogens (tertiary/aromatic N) is 4. The fourth-order valence-corrected chi connectivity index (χ4v) is 5.15. The zero-order valence-electron chi connectivity index (χ0n) is 17.9. The van der Waals surface area contributed by atoms with Crippen LogP contribution in [-0.4, -0.2) is 31.0 Å². The van der Waals surface area contributed by atoms with E-state index in [9.17, 15) is 9.59 Å². The topological polar surface area (TPSA) is 81.8 Å². The molecule has 5 rings (SSSR count). The first kappa shape index (κ1) is 20.5. The maximum absolute atomic E-state index is 13.3. The van der Waals surface area contributed by atoms with Gasteiger partial charge in [-0.2, -0.15) is 5.10 Å². The summed E-state index contributed by atoms with van der Waals surface area (Å²) in [4.78, 5) is 30.8. The lowest BCUT2D eigenvalue weighted by Crippen LogP contribution is -2.28. The van der Waals surface area contributed by atoms with Crippen molar-refractivity contribution in [1.82, 2.24) is 19.3 Å². The van der Waals surface area contributed by atoms with Gasteiger partial charge in [0.1, 0.15) is 5.39 Å². The molecule has 1 unspecified atom stereocenters. The first-order valence-corrected chi connectivity index (χ1v) is 11.6. The molecule has 0 bridgehead atoms.